The van der Waals surface area contributed by atoms with Crippen molar-refractivity contribution in [2.45, 2.75) is 32.2 Å². The summed E-state index contributed by atoms with van der Waals surface area (Å²) in [5, 5.41) is 9.33. The Balaban J connectivity index is 2.35. The second kappa shape index (κ2) is 8.51. The minimum absolute atomic E-state index is 0.282. The fourth-order valence-corrected chi connectivity index (χ4v) is 2.50. The number of piperazine rings is 1. The first-order valence-corrected chi connectivity index (χ1v) is 7.38. The van der Waals surface area contributed by atoms with Crippen LogP contribution in [0, 0.1) is 0 Å². The molecule has 5 heteroatoms. The van der Waals surface area contributed by atoms with Gasteiger partial charge in [-0.25, -0.2) is 0 Å². The van der Waals surface area contributed by atoms with Crippen LogP contribution in [0.1, 0.15) is 26.2 Å². The molecule has 5 nitrogen and oxygen atoms in total. The van der Waals surface area contributed by atoms with Crippen LogP contribution in [-0.4, -0.2) is 85.2 Å². The molecule has 1 N–H and O–H groups in total. The molecular formula is C14H29N3O2. The fraction of sp³-hybridized carbons (Fsp3) is 0.929. The van der Waals surface area contributed by atoms with Crippen LogP contribution in [0.4, 0.5) is 0 Å². The minimum Gasteiger partial charge on any atom is -0.480 e. The minimum atomic E-state index is -0.657. The number of carboxylic acid groups (broad SMARTS) is 1. The van der Waals surface area contributed by atoms with Gasteiger partial charge in [0.15, 0.2) is 0 Å². The van der Waals surface area contributed by atoms with E-state index in [1.165, 1.54) is 0 Å². The summed E-state index contributed by atoms with van der Waals surface area (Å²) in [6, 6.07) is -0.282. The molecule has 0 aromatic heterocycles. The summed E-state index contributed by atoms with van der Waals surface area (Å²) in [7, 11) is 4.17. The lowest BCUT2D eigenvalue weighted by atomic mass is 10.1. The zero-order valence-corrected chi connectivity index (χ0v) is 12.6. The zero-order chi connectivity index (χ0) is 14.3. The normalized spacial score (nSPS) is 19.8. The van der Waals surface area contributed by atoms with Crippen LogP contribution < -0.4 is 0 Å². The maximum atomic E-state index is 11.3. The molecule has 0 aromatic rings. The fourth-order valence-electron chi connectivity index (χ4n) is 2.50. The van der Waals surface area contributed by atoms with E-state index in [1.807, 2.05) is 0 Å². The van der Waals surface area contributed by atoms with Crippen LogP contribution in [0.15, 0.2) is 0 Å². The largest absolute Gasteiger partial charge is 0.480 e. The third-order valence-corrected chi connectivity index (χ3v) is 3.83. The third-order valence-electron chi connectivity index (χ3n) is 3.83. The van der Waals surface area contributed by atoms with Gasteiger partial charge in [0.05, 0.1) is 0 Å². The lowest BCUT2D eigenvalue weighted by molar-refractivity contribution is -0.144. The van der Waals surface area contributed by atoms with Crippen molar-refractivity contribution in [1.82, 2.24) is 14.7 Å². The summed E-state index contributed by atoms with van der Waals surface area (Å²) in [5.74, 6) is -0.657. The summed E-state index contributed by atoms with van der Waals surface area (Å²) >= 11 is 0. The predicted octanol–water partition coefficient (Wildman–Crippen LogP) is 0.809. The van der Waals surface area contributed by atoms with Gasteiger partial charge in [0.2, 0.25) is 0 Å². The van der Waals surface area contributed by atoms with Gasteiger partial charge in [-0.3, -0.25) is 14.6 Å². The zero-order valence-electron chi connectivity index (χ0n) is 12.6. The molecule has 112 valence electrons. The molecule has 1 aliphatic heterocycles. The van der Waals surface area contributed by atoms with Crippen LogP contribution in [-0.2, 0) is 4.79 Å². The summed E-state index contributed by atoms with van der Waals surface area (Å²) < 4.78 is 0. The number of likely N-dealkylation sites (N-methyl/N-ethyl adjacent to an activating group) is 1. The number of aliphatic carboxylic acids is 1. The molecule has 0 aliphatic carbocycles. The van der Waals surface area contributed by atoms with Gasteiger partial charge in [-0.05, 0) is 20.5 Å². The van der Waals surface area contributed by atoms with Crippen molar-refractivity contribution in [2.75, 3.05) is 53.4 Å². The van der Waals surface area contributed by atoms with E-state index < -0.39 is 5.97 Å². The van der Waals surface area contributed by atoms with Crippen molar-refractivity contribution in [1.29, 1.82) is 0 Å². The van der Waals surface area contributed by atoms with Crippen LogP contribution in [0.3, 0.4) is 0 Å². The first kappa shape index (κ1) is 16.4. The van der Waals surface area contributed by atoms with Crippen molar-refractivity contribution < 1.29 is 9.90 Å². The number of nitrogens with zero attached hydrogens (tertiary/aromatic N) is 3. The number of carboxylic acids is 1. The molecule has 1 heterocycles. The quantitative estimate of drug-likeness (QED) is 0.708. The standard InChI is InChI=1S/C14H29N3O2/c1-4-5-6-13(14(18)19)17-11-9-16(10-12-17)8-7-15(2)3/h13H,4-12H2,1-3H3,(H,18,19). The van der Waals surface area contributed by atoms with E-state index in [9.17, 15) is 9.90 Å². The van der Waals surface area contributed by atoms with E-state index in [1.54, 1.807) is 0 Å². The third kappa shape index (κ3) is 5.89. The van der Waals surface area contributed by atoms with Crippen LogP contribution in [0.25, 0.3) is 0 Å². The predicted molar refractivity (Wildman–Crippen MR) is 77.5 cm³/mol. The topological polar surface area (TPSA) is 47.0 Å². The average Bonchev–Trinajstić information content (AvgIpc) is 2.37. The van der Waals surface area contributed by atoms with E-state index >= 15 is 0 Å². The maximum absolute atomic E-state index is 11.3. The monoisotopic (exact) mass is 271 g/mol. The van der Waals surface area contributed by atoms with Gasteiger partial charge >= 0.3 is 5.97 Å². The second-order valence-electron chi connectivity index (χ2n) is 5.68. The SMILES string of the molecule is CCCCC(C(=O)O)N1CCN(CCN(C)C)CC1. The highest BCUT2D eigenvalue weighted by Crippen LogP contribution is 2.12. The average molecular weight is 271 g/mol. The van der Waals surface area contributed by atoms with Crippen molar-refractivity contribution >= 4 is 5.97 Å². The number of hydrogen-bond acceptors (Lipinski definition) is 4. The summed E-state index contributed by atoms with van der Waals surface area (Å²) in [5.41, 5.74) is 0. The Morgan fingerprint density at radius 1 is 1.26 bits per heavy atom. The molecule has 0 saturated carbocycles. The molecule has 1 rings (SSSR count). The van der Waals surface area contributed by atoms with Gasteiger partial charge in [-0.2, -0.15) is 0 Å². The smallest absolute Gasteiger partial charge is 0.320 e. The number of unbranched alkanes of at least 4 members (excludes halogenated alkanes) is 1. The Bertz CT molecular complexity index is 263. The lowest BCUT2D eigenvalue weighted by Gasteiger charge is -2.38. The first-order valence-electron chi connectivity index (χ1n) is 7.38. The Hall–Kier alpha value is -0.650. The number of rotatable bonds is 8. The Labute approximate surface area is 117 Å². The van der Waals surface area contributed by atoms with Gasteiger partial charge in [0.1, 0.15) is 6.04 Å². The van der Waals surface area contributed by atoms with Crippen molar-refractivity contribution in [3.63, 3.8) is 0 Å². The van der Waals surface area contributed by atoms with E-state index in [0.717, 1.165) is 58.5 Å². The highest BCUT2D eigenvalue weighted by Gasteiger charge is 2.28. The molecule has 0 amide bonds. The summed E-state index contributed by atoms with van der Waals surface area (Å²) in [6.07, 6.45) is 2.84. The Morgan fingerprint density at radius 2 is 1.89 bits per heavy atom. The molecule has 1 unspecified atom stereocenters. The van der Waals surface area contributed by atoms with E-state index in [4.69, 9.17) is 0 Å². The summed E-state index contributed by atoms with van der Waals surface area (Å²) in [4.78, 5) is 18.1. The van der Waals surface area contributed by atoms with E-state index in [0.29, 0.717) is 0 Å². The van der Waals surface area contributed by atoms with Crippen molar-refractivity contribution in [2.24, 2.45) is 0 Å². The molecule has 19 heavy (non-hydrogen) atoms. The Morgan fingerprint density at radius 3 is 2.37 bits per heavy atom. The lowest BCUT2D eigenvalue weighted by Crippen LogP contribution is -2.53. The maximum Gasteiger partial charge on any atom is 0.320 e. The van der Waals surface area contributed by atoms with Gasteiger partial charge < -0.3 is 10.0 Å². The van der Waals surface area contributed by atoms with Gasteiger partial charge in [0, 0.05) is 39.3 Å². The molecule has 0 radical (unpaired) electrons. The van der Waals surface area contributed by atoms with Gasteiger partial charge in [-0.15, -0.1) is 0 Å². The van der Waals surface area contributed by atoms with Crippen LogP contribution in [0.5, 0.6) is 0 Å². The molecule has 0 spiro atoms. The van der Waals surface area contributed by atoms with Gasteiger partial charge in [-0.1, -0.05) is 19.8 Å². The highest BCUT2D eigenvalue weighted by molar-refractivity contribution is 5.73. The summed E-state index contributed by atoms with van der Waals surface area (Å²) in [6.45, 7) is 8.00. The molecule has 0 aromatic carbocycles. The van der Waals surface area contributed by atoms with E-state index in [2.05, 4.69) is 35.7 Å². The highest BCUT2D eigenvalue weighted by atomic mass is 16.4. The van der Waals surface area contributed by atoms with E-state index in [-0.39, 0.29) is 6.04 Å². The van der Waals surface area contributed by atoms with Crippen molar-refractivity contribution in [3.05, 3.63) is 0 Å². The van der Waals surface area contributed by atoms with Crippen LogP contribution in [0.2, 0.25) is 0 Å². The molecule has 1 fully saturated rings. The molecule has 0 bridgehead atoms. The molecule has 1 atom stereocenters. The first-order chi connectivity index (χ1) is 9.04. The van der Waals surface area contributed by atoms with Crippen LogP contribution >= 0.6 is 0 Å². The second-order valence-corrected chi connectivity index (χ2v) is 5.68. The molecular weight excluding hydrogens is 242 g/mol. The van der Waals surface area contributed by atoms with Crippen molar-refractivity contribution in [3.8, 4) is 0 Å². The molecule has 1 aliphatic rings. The molecule has 1 saturated heterocycles. The number of hydrogen-bond donors (Lipinski definition) is 1. The number of carbonyl (C=O) groups is 1. The van der Waals surface area contributed by atoms with Gasteiger partial charge in [0.25, 0.3) is 0 Å². The Kier molecular flexibility index (Phi) is 7.34.